The van der Waals surface area contributed by atoms with Gasteiger partial charge in [0.15, 0.2) is 0 Å². The molecule has 0 saturated carbocycles. The topological polar surface area (TPSA) is 62.3 Å². The quantitative estimate of drug-likeness (QED) is 0.845. The van der Waals surface area contributed by atoms with Crippen molar-refractivity contribution in [2.75, 3.05) is 19.6 Å². The lowest BCUT2D eigenvalue weighted by atomic mass is 9.93. The number of piperidine rings is 1. The summed E-state index contributed by atoms with van der Waals surface area (Å²) in [5.74, 6) is -0.419. The first-order valence-corrected chi connectivity index (χ1v) is 9.41. The van der Waals surface area contributed by atoms with E-state index in [0.29, 0.717) is 24.3 Å². The molecule has 1 aromatic carbocycles. The highest BCUT2D eigenvalue weighted by atomic mass is 19.4. The standard InChI is InChI=1S/C21H22F3N3O2/c1-14(28)25-12-20(29)27-10-4-6-16(13-27)19-9-3-8-18(26-19)15-5-2-7-17(11-15)21(22,23)24/h2-3,5,7-9,11,16H,4,6,10,12-13H2,1H3,(H,25,28)/t16-/m1/s1. The highest BCUT2D eigenvalue weighted by molar-refractivity contribution is 5.83. The first-order chi connectivity index (χ1) is 13.7. The van der Waals surface area contributed by atoms with E-state index in [2.05, 4.69) is 10.3 Å². The van der Waals surface area contributed by atoms with E-state index in [9.17, 15) is 22.8 Å². The van der Waals surface area contributed by atoms with Crippen molar-refractivity contribution >= 4 is 11.8 Å². The van der Waals surface area contributed by atoms with E-state index in [4.69, 9.17) is 0 Å². The SMILES string of the molecule is CC(=O)NCC(=O)N1CCC[C@@H](c2cccc(-c3cccc(C(F)(F)F)c3)n2)C1. The van der Waals surface area contributed by atoms with Crippen LogP contribution in [-0.2, 0) is 15.8 Å². The summed E-state index contributed by atoms with van der Waals surface area (Å²) < 4.78 is 39.0. The fourth-order valence-corrected chi connectivity index (χ4v) is 3.45. The molecule has 8 heteroatoms. The van der Waals surface area contributed by atoms with Crippen LogP contribution >= 0.6 is 0 Å². The Kier molecular flexibility index (Phi) is 6.20. The number of benzene rings is 1. The zero-order valence-electron chi connectivity index (χ0n) is 16.0. The maximum absolute atomic E-state index is 13.0. The molecule has 1 atom stereocenters. The van der Waals surface area contributed by atoms with Crippen molar-refractivity contribution in [3.8, 4) is 11.3 Å². The molecular weight excluding hydrogens is 383 g/mol. The first-order valence-electron chi connectivity index (χ1n) is 9.41. The zero-order valence-corrected chi connectivity index (χ0v) is 16.0. The van der Waals surface area contributed by atoms with E-state index < -0.39 is 11.7 Å². The van der Waals surface area contributed by atoms with Crippen LogP contribution in [0.3, 0.4) is 0 Å². The Morgan fingerprint density at radius 2 is 1.97 bits per heavy atom. The van der Waals surface area contributed by atoms with E-state index in [1.807, 2.05) is 6.07 Å². The van der Waals surface area contributed by atoms with Gasteiger partial charge in [0.25, 0.3) is 0 Å². The Bertz CT molecular complexity index is 899. The van der Waals surface area contributed by atoms with Crippen LogP contribution in [0.5, 0.6) is 0 Å². The van der Waals surface area contributed by atoms with Crippen LogP contribution in [0.4, 0.5) is 13.2 Å². The monoisotopic (exact) mass is 405 g/mol. The van der Waals surface area contributed by atoms with Gasteiger partial charge >= 0.3 is 6.18 Å². The molecular formula is C21H22F3N3O2. The third kappa shape index (κ3) is 5.34. The number of pyridine rings is 1. The highest BCUT2D eigenvalue weighted by Crippen LogP contribution is 2.32. The summed E-state index contributed by atoms with van der Waals surface area (Å²) in [7, 11) is 0. The van der Waals surface area contributed by atoms with Gasteiger partial charge in [-0.1, -0.05) is 18.2 Å². The van der Waals surface area contributed by atoms with E-state index in [1.54, 1.807) is 23.1 Å². The number of carbonyl (C=O) groups is 2. The highest BCUT2D eigenvalue weighted by Gasteiger charge is 2.30. The molecule has 1 aliphatic heterocycles. The Hall–Kier alpha value is -2.90. The van der Waals surface area contributed by atoms with Crippen LogP contribution in [-0.4, -0.2) is 41.3 Å². The van der Waals surface area contributed by atoms with Crippen molar-refractivity contribution in [3.63, 3.8) is 0 Å². The van der Waals surface area contributed by atoms with E-state index in [1.165, 1.54) is 13.0 Å². The van der Waals surface area contributed by atoms with Gasteiger partial charge in [-0.15, -0.1) is 0 Å². The van der Waals surface area contributed by atoms with E-state index in [-0.39, 0.29) is 24.3 Å². The second-order valence-corrected chi connectivity index (χ2v) is 7.11. The average molecular weight is 405 g/mol. The smallest absolute Gasteiger partial charge is 0.347 e. The molecule has 1 N–H and O–H groups in total. The Labute approximate surface area is 166 Å². The maximum atomic E-state index is 13.0. The molecule has 3 rings (SSSR count). The number of nitrogens with one attached hydrogen (secondary N) is 1. The number of rotatable bonds is 4. The fourth-order valence-electron chi connectivity index (χ4n) is 3.45. The molecule has 1 saturated heterocycles. The van der Waals surface area contributed by atoms with Gasteiger partial charge in [-0.25, -0.2) is 0 Å². The Balaban J connectivity index is 1.77. The molecule has 2 heterocycles. The molecule has 1 fully saturated rings. The van der Waals surface area contributed by atoms with E-state index >= 15 is 0 Å². The molecule has 0 radical (unpaired) electrons. The van der Waals surface area contributed by atoms with Crippen LogP contribution in [0.25, 0.3) is 11.3 Å². The number of hydrogen-bond donors (Lipinski definition) is 1. The molecule has 0 spiro atoms. The number of likely N-dealkylation sites (tertiary alicyclic amines) is 1. The van der Waals surface area contributed by atoms with Crippen molar-refractivity contribution in [1.29, 1.82) is 0 Å². The van der Waals surface area contributed by atoms with Gasteiger partial charge in [0.2, 0.25) is 11.8 Å². The molecule has 0 bridgehead atoms. The van der Waals surface area contributed by atoms with Gasteiger partial charge in [0.05, 0.1) is 17.8 Å². The second kappa shape index (κ2) is 8.63. The fraction of sp³-hybridized carbons (Fsp3) is 0.381. The van der Waals surface area contributed by atoms with Crippen molar-refractivity contribution in [1.82, 2.24) is 15.2 Å². The molecule has 2 amide bonds. The van der Waals surface area contributed by atoms with Gasteiger partial charge in [-0.05, 0) is 37.1 Å². The van der Waals surface area contributed by atoms with Crippen LogP contribution in [0.15, 0.2) is 42.5 Å². The summed E-state index contributed by atoms with van der Waals surface area (Å²) in [4.78, 5) is 29.6. The molecule has 0 unspecified atom stereocenters. The van der Waals surface area contributed by atoms with Gasteiger partial charge in [-0.2, -0.15) is 13.2 Å². The van der Waals surface area contributed by atoms with Crippen molar-refractivity contribution in [3.05, 3.63) is 53.7 Å². The number of aromatic nitrogens is 1. The number of carbonyl (C=O) groups excluding carboxylic acids is 2. The van der Waals surface area contributed by atoms with Crippen molar-refractivity contribution in [2.24, 2.45) is 0 Å². The first kappa shape index (κ1) is 20.8. The van der Waals surface area contributed by atoms with Gasteiger partial charge < -0.3 is 10.2 Å². The predicted molar refractivity (Wildman–Crippen MR) is 102 cm³/mol. The Morgan fingerprint density at radius 1 is 1.21 bits per heavy atom. The molecule has 29 heavy (non-hydrogen) atoms. The molecule has 1 aliphatic rings. The third-order valence-electron chi connectivity index (χ3n) is 4.94. The Morgan fingerprint density at radius 3 is 2.69 bits per heavy atom. The molecule has 0 aliphatic carbocycles. The van der Waals surface area contributed by atoms with Crippen molar-refractivity contribution in [2.45, 2.75) is 31.9 Å². The minimum atomic E-state index is -4.41. The largest absolute Gasteiger partial charge is 0.416 e. The minimum Gasteiger partial charge on any atom is -0.347 e. The van der Waals surface area contributed by atoms with Crippen LogP contribution < -0.4 is 5.32 Å². The molecule has 2 aromatic rings. The van der Waals surface area contributed by atoms with Gasteiger partial charge in [0, 0.05) is 37.2 Å². The summed E-state index contributed by atoms with van der Waals surface area (Å²) in [5, 5.41) is 2.51. The molecule has 1 aromatic heterocycles. The zero-order chi connectivity index (χ0) is 21.0. The lowest BCUT2D eigenvalue weighted by Crippen LogP contribution is -2.44. The lowest BCUT2D eigenvalue weighted by molar-refractivity contribution is -0.137. The summed E-state index contributed by atoms with van der Waals surface area (Å²) >= 11 is 0. The molecule has 154 valence electrons. The van der Waals surface area contributed by atoms with Gasteiger partial charge in [0.1, 0.15) is 0 Å². The minimum absolute atomic E-state index is 0.00391. The summed E-state index contributed by atoms with van der Waals surface area (Å²) in [6.07, 6.45) is -2.78. The van der Waals surface area contributed by atoms with Crippen molar-refractivity contribution < 1.29 is 22.8 Å². The second-order valence-electron chi connectivity index (χ2n) is 7.11. The lowest BCUT2D eigenvalue weighted by Gasteiger charge is -2.32. The predicted octanol–water partition coefficient (Wildman–Crippen LogP) is 3.61. The number of hydrogen-bond acceptors (Lipinski definition) is 3. The number of halogens is 3. The third-order valence-corrected chi connectivity index (χ3v) is 4.94. The average Bonchev–Trinajstić information content (AvgIpc) is 2.71. The number of amides is 2. The van der Waals surface area contributed by atoms with Crippen LogP contribution in [0.1, 0.15) is 36.9 Å². The normalized spacial score (nSPS) is 17.1. The van der Waals surface area contributed by atoms with Crippen LogP contribution in [0, 0.1) is 0 Å². The summed E-state index contributed by atoms with van der Waals surface area (Å²) in [5.41, 5.74) is 0.901. The number of alkyl halides is 3. The summed E-state index contributed by atoms with van der Waals surface area (Å²) in [6.45, 7) is 2.40. The van der Waals surface area contributed by atoms with E-state index in [0.717, 1.165) is 30.7 Å². The van der Waals surface area contributed by atoms with Crippen LogP contribution in [0.2, 0.25) is 0 Å². The number of nitrogens with zero attached hydrogens (tertiary/aromatic N) is 2. The summed E-state index contributed by atoms with van der Waals surface area (Å²) in [6, 6.07) is 10.4. The maximum Gasteiger partial charge on any atom is 0.416 e. The molecule has 5 nitrogen and oxygen atoms in total. The van der Waals surface area contributed by atoms with Gasteiger partial charge in [-0.3, -0.25) is 14.6 Å².